The lowest BCUT2D eigenvalue weighted by Gasteiger charge is -2.19. The maximum absolute atomic E-state index is 5.54. The molecule has 84 valence electrons. The van der Waals surface area contributed by atoms with Crippen molar-refractivity contribution >= 4 is 35.1 Å². The summed E-state index contributed by atoms with van der Waals surface area (Å²) in [5, 5.41) is 3.10. The third-order valence-electron chi connectivity index (χ3n) is 1.19. The Morgan fingerprint density at radius 2 is 2.21 bits per heavy atom. The van der Waals surface area contributed by atoms with Gasteiger partial charge in [0.2, 0.25) is 5.62 Å². The zero-order valence-corrected chi connectivity index (χ0v) is 11.7. The molecule has 1 unspecified atom stereocenters. The lowest BCUT2D eigenvalue weighted by molar-refractivity contribution is 0.383. The summed E-state index contributed by atoms with van der Waals surface area (Å²) in [6.07, 6.45) is 1.68. The minimum atomic E-state index is -1.92. The fraction of sp³-hybridized carbons (Fsp3) is 0.875. The molecule has 0 saturated heterocycles. The maximum Gasteiger partial charge on any atom is 0.211 e. The molecule has 14 heavy (non-hydrogen) atoms. The van der Waals surface area contributed by atoms with Crippen molar-refractivity contribution < 1.29 is 4.52 Å². The van der Waals surface area contributed by atoms with Gasteiger partial charge in [0.25, 0.3) is 0 Å². The van der Waals surface area contributed by atoms with Gasteiger partial charge in [-0.05, 0) is 38.3 Å². The molecule has 0 aromatic carbocycles. The first kappa shape index (κ1) is 14.4. The van der Waals surface area contributed by atoms with Gasteiger partial charge in [-0.3, -0.25) is 4.99 Å². The molecule has 1 atom stereocenters. The van der Waals surface area contributed by atoms with Gasteiger partial charge in [-0.25, -0.2) is 0 Å². The first-order valence-electron chi connectivity index (χ1n) is 4.72. The largest absolute Gasteiger partial charge is 0.327 e. The van der Waals surface area contributed by atoms with Crippen LogP contribution in [0.1, 0.15) is 27.7 Å². The lowest BCUT2D eigenvalue weighted by atomic mass is 10.4. The third-order valence-corrected chi connectivity index (χ3v) is 6.82. The minimum absolute atomic E-state index is 0.291. The zero-order valence-electron chi connectivity index (χ0n) is 9.19. The van der Waals surface area contributed by atoms with Crippen LogP contribution in [0.25, 0.3) is 0 Å². The third kappa shape index (κ3) is 6.82. The Labute approximate surface area is 96.0 Å². The van der Waals surface area contributed by atoms with Crippen LogP contribution < -0.4 is 5.09 Å². The molecular formula is C8H19N2OPS2. The second-order valence-electron chi connectivity index (χ2n) is 2.83. The summed E-state index contributed by atoms with van der Waals surface area (Å²) in [4.78, 5) is 4.21. The summed E-state index contributed by atoms with van der Waals surface area (Å²) in [6, 6.07) is 0.291. The highest BCUT2D eigenvalue weighted by Gasteiger charge is 2.14. The number of nitrogens with one attached hydrogen (secondary N) is 1. The van der Waals surface area contributed by atoms with Gasteiger partial charge in [-0.15, -0.1) is 0 Å². The van der Waals surface area contributed by atoms with Crippen molar-refractivity contribution in [3.8, 4) is 0 Å². The van der Waals surface area contributed by atoms with E-state index >= 15 is 0 Å². The molecule has 0 saturated carbocycles. The van der Waals surface area contributed by atoms with E-state index in [1.165, 1.54) is 0 Å². The molecule has 0 heterocycles. The highest BCUT2D eigenvalue weighted by molar-refractivity contribution is 8.68. The van der Waals surface area contributed by atoms with E-state index in [1.54, 1.807) is 17.7 Å². The van der Waals surface area contributed by atoms with Crippen LogP contribution in [0.5, 0.6) is 0 Å². The van der Waals surface area contributed by atoms with Crippen molar-refractivity contribution in [1.82, 2.24) is 5.09 Å². The predicted molar refractivity (Wildman–Crippen MR) is 70.8 cm³/mol. The van der Waals surface area contributed by atoms with Crippen molar-refractivity contribution in [2.75, 3.05) is 12.4 Å². The van der Waals surface area contributed by atoms with E-state index < -0.39 is 5.62 Å². The van der Waals surface area contributed by atoms with Crippen LogP contribution in [-0.4, -0.2) is 24.7 Å². The topological polar surface area (TPSA) is 33.6 Å². The Morgan fingerprint density at radius 1 is 1.57 bits per heavy atom. The fourth-order valence-corrected chi connectivity index (χ4v) is 5.15. The second-order valence-corrected chi connectivity index (χ2v) is 9.73. The van der Waals surface area contributed by atoms with Crippen molar-refractivity contribution in [3.05, 3.63) is 0 Å². The monoisotopic (exact) mass is 254 g/mol. The van der Waals surface area contributed by atoms with E-state index in [4.69, 9.17) is 16.3 Å². The predicted octanol–water partition coefficient (Wildman–Crippen LogP) is 3.03. The Hall–Kier alpha value is 0.430. The number of rotatable bonds is 7. The summed E-state index contributed by atoms with van der Waals surface area (Å²) < 4.78 is 5.54. The van der Waals surface area contributed by atoms with Crippen LogP contribution in [0.3, 0.4) is 0 Å². The van der Waals surface area contributed by atoms with E-state index in [1.807, 2.05) is 20.8 Å². The van der Waals surface area contributed by atoms with E-state index in [9.17, 15) is 0 Å². The quantitative estimate of drug-likeness (QED) is 0.430. The first-order valence-corrected chi connectivity index (χ1v) is 9.03. The average Bonchev–Trinajstić information content (AvgIpc) is 2.03. The second kappa shape index (κ2) is 7.69. The zero-order chi connectivity index (χ0) is 11.0. The van der Waals surface area contributed by atoms with Crippen LogP contribution in [0.2, 0.25) is 0 Å². The van der Waals surface area contributed by atoms with Crippen LogP contribution in [0.15, 0.2) is 4.99 Å². The Bertz CT molecular complexity index is 211. The molecule has 0 aliphatic heterocycles. The van der Waals surface area contributed by atoms with Gasteiger partial charge in [0.1, 0.15) is 0 Å². The molecule has 0 fully saturated rings. The molecule has 0 bridgehead atoms. The van der Waals surface area contributed by atoms with Gasteiger partial charge in [-0.1, -0.05) is 18.3 Å². The summed E-state index contributed by atoms with van der Waals surface area (Å²) in [5.74, 6) is 0.958. The molecule has 6 heteroatoms. The van der Waals surface area contributed by atoms with Crippen LogP contribution in [-0.2, 0) is 16.3 Å². The molecule has 1 N–H and O–H groups in total. The van der Waals surface area contributed by atoms with Crippen LogP contribution in [0.4, 0.5) is 0 Å². The number of hydrogen-bond acceptors (Lipinski definition) is 4. The Balaban J connectivity index is 4.15. The highest BCUT2D eigenvalue weighted by atomic mass is 32.9. The Kier molecular flexibility index (Phi) is 7.92. The lowest BCUT2D eigenvalue weighted by Crippen LogP contribution is -2.09. The van der Waals surface area contributed by atoms with Crippen molar-refractivity contribution in [3.63, 3.8) is 0 Å². The molecule has 0 amide bonds. The molecule has 0 aliphatic rings. The van der Waals surface area contributed by atoms with E-state index in [0.717, 1.165) is 5.75 Å². The number of hydrogen-bond donors (Lipinski definition) is 1. The van der Waals surface area contributed by atoms with Gasteiger partial charge >= 0.3 is 0 Å². The standard InChI is InChI=1S/C8H19N2OPS2/c1-5-11-12(13,14-6-2)10-7-9-8(3)4/h7-8H,5-6H2,1-4H3,(H,9,10,13). The summed E-state index contributed by atoms with van der Waals surface area (Å²) in [5.41, 5.74) is -1.92. The number of nitrogens with zero attached hydrogens (tertiary/aromatic N) is 1. The molecule has 0 spiro atoms. The van der Waals surface area contributed by atoms with Crippen molar-refractivity contribution in [2.45, 2.75) is 33.7 Å². The number of aliphatic imine (C=N–C) groups is 1. The summed E-state index contributed by atoms with van der Waals surface area (Å²) >= 11 is 7.06. The van der Waals surface area contributed by atoms with E-state index in [0.29, 0.717) is 12.6 Å². The van der Waals surface area contributed by atoms with Gasteiger partial charge in [0.05, 0.1) is 12.9 Å². The Morgan fingerprint density at radius 3 is 2.64 bits per heavy atom. The smallest absolute Gasteiger partial charge is 0.211 e. The SMILES string of the molecule is CCOP(=S)(NC=NC(C)C)SCC. The van der Waals surface area contributed by atoms with Crippen molar-refractivity contribution in [1.29, 1.82) is 0 Å². The molecule has 3 nitrogen and oxygen atoms in total. The van der Waals surface area contributed by atoms with Gasteiger partial charge in [0.15, 0.2) is 0 Å². The molecule has 0 rings (SSSR count). The van der Waals surface area contributed by atoms with Crippen LogP contribution in [0, 0.1) is 0 Å². The minimum Gasteiger partial charge on any atom is -0.327 e. The van der Waals surface area contributed by atoms with E-state index in [2.05, 4.69) is 17.0 Å². The molecule has 0 aromatic heterocycles. The van der Waals surface area contributed by atoms with Gasteiger partial charge < -0.3 is 9.61 Å². The average molecular weight is 254 g/mol. The molecular weight excluding hydrogens is 235 g/mol. The normalized spacial score (nSPS) is 16.1. The van der Waals surface area contributed by atoms with Crippen molar-refractivity contribution in [2.24, 2.45) is 4.99 Å². The van der Waals surface area contributed by atoms with Gasteiger partial charge in [0, 0.05) is 6.04 Å². The fourth-order valence-electron chi connectivity index (χ4n) is 0.705. The highest BCUT2D eigenvalue weighted by Crippen LogP contribution is 2.55. The van der Waals surface area contributed by atoms with E-state index in [-0.39, 0.29) is 0 Å². The first-order chi connectivity index (χ1) is 6.54. The molecule has 0 aromatic rings. The maximum atomic E-state index is 5.54. The summed E-state index contributed by atoms with van der Waals surface area (Å²) in [6.45, 7) is 8.72. The van der Waals surface area contributed by atoms with Crippen LogP contribution >= 0.6 is 17.0 Å². The van der Waals surface area contributed by atoms with Gasteiger partial charge in [-0.2, -0.15) is 0 Å². The molecule has 0 aliphatic carbocycles. The molecule has 0 radical (unpaired) electrons. The summed E-state index contributed by atoms with van der Waals surface area (Å²) in [7, 11) is 0.